The third kappa shape index (κ3) is 4.43. The molecule has 1 amide bonds. The molecule has 0 spiro atoms. The quantitative estimate of drug-likeness (QED) is 0.580. The fourth-order valence-electron chi connectivity index (χ4n) is 2.36. The zero-order valence-electron chi connectivity index (χ0n) is 14.0. The van der Waals surface area contributed by atoms with Gasteiger partial charge in [-0.15, -0.1) is 0 Å². The Balaban J connectivity index is 2.99. The van der Waals surface area contributed by atoms with Crippen LogP contribution in [0.5, 0.6) is 0 Å². The van der Waals surface area contributed by atoms with Crippen LogP contribution in [0, 0.1) is 5.92 Å². The number of hydrogen-bond donors (Lipinski definition) is 0. The molecule has 1 aliphatic rings. The molecule has 0 aliphatic carbocycles. The number of aldehydes is 1. The van der Waals surface area contributed by atoms with E-state index in [9.17, 15) is 14.4 Å². The number of hydrogen-bond acceptors (Lipinski definition) is 6. The SMILES string of the molecule is COC(=O)C[C@H](C=O)[C@@H]1COC(C)(C)N1C(=O)OC(C)(C)C. The van der Waals surface area contributed by atoms with Gasteiger partial charge in [-0.2, -0.15) is 0 Å². The predicted molar refractivity (Wildman–Crippen MR) is 78.1 cm³/mol. The molecule has 0 aromatic carbocycles. The molecular formula is C15H25NO6. The topological polar surface area (TPSA) is 82.1 Å². The van der Waals surface area contributed by atoms with Gasteiger partial charge >= 0.3 is 12.1 Å². The molecule has 1 fully saturated rings. The van der Waals surface area contributed by atoms with Crippen LogP contribution in [0.15, 0.2) is 0 Å². The Morgan fingerprint density at radius 1 is 1.41 bits per heavy atom. The number of amides is 1. The van der Waals surface area contributed by atoms with Crippen LogP contribution in [-0.2, 0) is 23.8 Å². The molecule has 7 heteroatoms. The van der Waals surface area contributed by atoms with Crippen LogP contribution in [0.4, 0.5) is 4.79 Å². The van der Waals surface area contributed by atoms with Gasteiger partial charge in [0, 0.05) is 5.92 Å². The van der Waals surface area contributed by atoms with Crippen molar-refractivity contribution in [3.8, 4) is 0 Å². The lowest BCUT2D eigenvalue weighted by Crippen LogP contribution is -2.52. The minimum atomic E-state index is -0.912. The third-order valence-corrected chi connectivity index (χ3v) is 3.41. The smallest absolute Gasteiger partial charge is 0.412 e. The summed E-state index contributed by atoms with van der Waals surface area (Å²) in [4.78, 5) is 36.7. The van der Waals surface area contributed by atoms with E-state index in [0.717, 1.165) is 0 Å². The van der Waals surface area contributed by atoms with E-state index in [0.29, 0.717) is 6.29 Å². The van der Waals surface area contributed by atoms with E-state index < -0.39 is 35.3 Å². The van der Waals surface area contributed by atoms with Crippen LogP contribution < -0.4 is 0 Å². The van der Waals surface area contributed by atoms with Crippen molar-refractivity contribution in [1.29, 1.82) is 0 Å². The minimum Gasteiger partial charge on any atom is -0.469 e. The fourth-order valence-corrected chi connectivity index (χ4v) is 2.36. The highest BCUT2D eigenvalue weighted by molar-refractivity contribution is 5.75. The standard InChI is InChI=1S/C15H25NO6/c1-14(2,3)22-13(19)16-11(9-21-15(16,4)5)10(8-17)7-12(18)20-6/h8,10-11H,7,9H2,1-6H3/t10-,11+/m1/s1. The molecular weight excluding hydrogens is 290 g/mol. The molecule has 0 unspecified atom stereocenters. The zero-order valence-corrected chi connectivity index (χ0v) is 14.0. The molecule has 0 aromatic heterocycles. The Hall–Kier alpha value is -1.63. The van der Waals surface area contributed by atoms with Crippen molar-refractivity contribution < 1.29 is 28.6 Å². The van der Waals surface area contributed by atoms with Crippen LogP contribution in [0.2, 0.25) is 0 Å². The first-order chi connectivity index (χ1) is 10.0. The van der Waals surface area contributed by atoms with Crippen LogP contribution >= 0.6 is 0 Å². The van der Waals surface area contributed by atoms with Gasteiger partial charge in [-0.3, -0.25) is 9.69 Å². The minimum absolute atomic E-state index is 0.108. The first kappa shape index (κ1) is 18.4. The average molecular weight is 315 g/mol. The summed E-state index contributed by atoms with van der Waals surface area (Å²) in [6, 6.07) is -0.568. The zero-order chi connectivity index (χ0) is 17.1. The van der Waals surface area contributed by atoms with E-state index in [1.807, 2.05) is 0 Å². The number of esters is 1. The van der Waals surface area contributed by atoms with Gasteiger partial charge in [0.2, 0.25) is 0 Å². The summed E-state index contributed by atoms with van der Waals surface area (Å²) in [7, 11) is 1.25. The van der Waals surface area contributed by atoms with Crippen molar-refractivity contribution in [2.24, 2.45) is 5.92 Å². The Morgan fingerprint density at radius 2 is 2.00 bits per heavy atom. The number of ether oxygens (including phenoxy) is 3. The Labute approximate surface area is 130 Å². The maximum atomic E-state index is 12.5. The van der Waals surface area contributed by atoms with Crippen LogP contribution in [0.3, 0.4) is 0 Å². The third-order valence-electron chi connectivity index (χ3n) is 3.41. The summed E-state index contributed by atoms with van der Waals surface area (Å²) >= 11 is 0. The Morgan fingerprint density at radius 3 is 2.45 bits per heavy atom. The van der Waals surface area contributed by atoms with E-state index in [-0.39, 0.29) is 13.0 Å². The molecule has 126 valence electrons. The molecule has 0 saturated carbocycles. The second kappa shape index (κ2) is 6.64. The number of rotatable bonds is 4. The van der Waals surface area contributed by atoms with E-state index in [2.05, 4.69) is 4.74 Å². The molecule has 1 heterocycles. The van der Waals surface area contributed by atoms with Gasteiger partial charge in [0.25, 0.3) is 0 Å². The van der Waals surface area contributed by atoms with Gasteiger partial charge in [0.05, 0.1) is 26.2 Å². The highest BCUT2D eigenvalue weighted by Gasteiger charge is 2.48. The van der Waals surface area contributed by atoms with E-state index in [4.69, 9.17) is 9.47 Å². The van der Waals surface area contributed by atoms with E-state index in [1.54, 1.807) is 34.6 Å². The Kier molecular flexibility index (Phi) is 5.56. The van der Waals surface area contributed by atoms with Crippen LogP contribution in [0.1, 0.15) is 41.0 Å². The van der Waals surface area contributed by atoms with E-state index >= 15 is 0 Å². The lowest BCUT2D eigenvalue weighted by atomic mass is 9.97. The first-order valence-corrected chi connectivity index (χ1v) is 7.20. The molecule has 0 radical (unpaired) electrons. The molecule has 0 bridgehead atoms. The highest BCUT2D eigenvalue weighted by atomic mass is 16.6. The van der Waals surface area contributed by atoms with Gasteiger partial charge in [-0.05, 0) is 34.6 Å². The predicted octanol–water partition coefficient (Wildman–Crippen LogP) is 1.74. The normalized spacial score (nSPS) is 22.1. The molecule has 7 nitrogen and oxygen atoms in total. The van der Waals surface area contributed by atoms with Gasteiger partial charge in [-0.25, -0.2) is 4.79 Å². The van der Waals surface area contributed by atoms with Gasteiger partial charge in [0.1, 0.15) is 17.6 Å². The van der Waals surface area contributed by atoms with Crippen molar-refractivity contribution in [3.05, 3.63) is 0 Å². The van der Waals surface area contributed by atoms with Crippen LogP contribution in [0.25, 0.3) is 0 Å². The number of nitrogens with zero attached hydrogens (tertiary/aromatic N) is 1. The molecule has 0 aromatic rings. The van der Waals surface area contributed by atoms with Gasteiger partial charge in [0.15, 0.2) is 0 Å². The summed E-state index contributed by atoms with van der Waals surface area (Å²) in [5.41, 5.74) is -1.58. The lowest BCUT2D eigenvalue weighted by molar-refractivity contribution is -0.143. The van der Waals surface area contributed by atoms with Gasteiger partial charge < -0.3 is 19.0 Å². The molecule has 2 atom stereocenters. The van der Waals surface area contributed by atoms with Crippen LogP contribution in [-0.4, -0.2) is 54.3 Å². The Bertz CT molecular complexity index is 440. The summed E-state index contributed by atoms with van der Waals surface area (Å²) < 4.78 is 15.6. The average Bonchev–Trinajstić information content (AvgIpc) is 2.69. The maximum absolute atomic E-state index is 12.5. The van der Waals surface area contributed by atoms with Crippen molar-refractivity contribution in [1.82, 2.24) is 4.90 Å². The van der Waals surface area contributed by atoms with Crippen molar-refractivity contribution in [2.75, 3.05) is 13.7 Å². The monoisotopic (exact) mass is 315 g/mol. The highest BCUT2D eigenvalue weighted by Crippen LogP contribution is 2.33. The molecule has 0 N–H and O–H groups in total. The summed E-state index contributed by atoms with van der Waals surface area (Å²) in [5, 5.41) is 0. The molecule has 22 heavy (non-hydrogen) atoms. The van der Waals surface area contributed by atoms with Gasteiger partial charge in [-0.1, -0.05) is 0 Å². The van der Waals surface area contributed by atoms with Crippen molar-refractivity contribution >= 4 is 18.3 Å². The molecule has 1 saturated heterocycles. The van der Waals surface area contributed by atoms with E-state index in [1.165, 1.54) is 12.0 Å². The second-order valence-corrected chi connectivity index (χ2v) is 6.76. The number of carbonyl (C=O) groups excluding carboxylic acids is 3. The molecule has 1 rings (SSSR count). The summed E-state index contributed by atoms with van der Waals surface area (Å²) in [6.07, 6.45) is -0.0238. The summed E-state index contributed by atoms with van der Waals surface area (Å²) in [5.74, 6) is -1.22. The molecule has 1 aliphatic heterocycles. The van der Waals surface area contributed by atoms with Crippen molar-refractivity contribution in [2.45, 2.75) is 58.4 Å². The summed E-state index contributed by atoms with van der Waals surface area (Å²) in [6.45, 7) is 8.88. The van der Waals surface area contributed by atoms with Crippen molar-refractivity contribution in [3.63, 3.8) is 0 Å². The maximum Gasteiger partial charge on any atom is 0.412 e. The second-order valence-electron chi connectivity index (χ2n) is 6.76. The largest absolute Gasteiger partial charge is 0.469 e. The number of carbonyl (C=O) groups is 3. The number of methoxy groups -OCH3 is 1. The lowest BCUT2D eigenvalue weighted by Gasteiger charge is -2.36. The first-order valence-electron chi connectivity index (χ1n) is 7.20. The fraction of sp³-hybridized carbons (Fsp3) is 0.800.